The van der Waals surface area contributed by atoms with Crippen LogP contribution < -0.4 is 0 Å². The van der Waals surface area contributed by atoms with E-state index in [0.29, 0.717) is 0 Å². The van der Waals surface area contributed by atoms with Crippen molar-refractivity contribution >= 4 is 11.9 Å². The van der Waals surface area contributed by atoms with Crippen LogP contribution in [0, 0.1) is 0 Å². The number of ether oxygens (including phenoxy) is 3. The number of hydrogen-bond acceptors (Lipinski definition) is 5. The van der Waals surface area contributed by atoms with Crippen LogP contribution in [-0.2, 0) is 23.8 Å². The van der Waals surface area contributed by atoms with Crippen molar-refractivity contribution in [2.45, 2.75) is 131 Å². The van der Waals surface area contributed by atoms with Gasteiger partial charge in [0, 0.05) is 0 Å². The first kappa shape index (κ1) is 31.0. The monoisotopic (exact) mass is 464 g/mol. The molecule has 0 radical (unpaired) electrons. The molecule has 190 valence electrons. The highest BCUT2D eigenvalue weighted by atomic mass is 16.6. The maximum Gasteiger partial charge on any atom is 0.352 e. The minimum Gasteiger partial charge on any atom is -0.486 e. The molecule has 0 spiro atoms. The van der Waals surface area contributed by atoms with Crippen LogP contribution >= 0.6 is 0 Å². The lowest BCUT2D eigenvalue weighted by Gasteiger charge is -2.15. The summed E-state index contributed by atoms with van der Waals surface area (Å²) in [6, 6.07) is 0. The van der Waals surface area contributed by atoms with E-state index in [9.17, 15) is 9.59 Å². The first-order valence-electron chi connectivity index (χ1n) is 13.0. The highest BCUT2D eigenvalue weighted by molar-refractivity contribution is 5.82. The van der Waals surface area contributed by atoms with Crippen molar-refractivity contribution in [2.24, 2.45) is 0 Å². The largest absolute Gasteiger partial charge is 0.486 e. The minimum atomic E-state index is -1.03. The summed E-state index contributed by atoms with van der Waals surface area (Å²) in [5, 5.41) is 0. The van der Waals surface area contributed by atoms with Crippen LogP contribution in [0.2, 0.25) is 0 Å². The average Bonchev–Trinajstić information content (AvgIpc) is 2.83. The van der Waals surface area contributed by atoms with Crippen molar-refractivity contribution in [1.82, 2.24) is 0 Å². The summed E-state index contributed by atoms with van der Waals surface area (Å²) < 4.78 is 16.6. The fourth-order valence-corrected chi connectivity index (χ4v) is 3.10. The predicted molar refractivity (Wildman–Crippen MR) is 135 cm³/mol. The number of esters is 2. The Balaban J connectivity index is 5.32. The summed E-state index contributed by atoms with van der Waals surface area (Å²) >= 11 is 0. The van der Waals surface area contributed by atoms with Crippen LogP contribution in [0.15, 0.2) is 35.5 Å². The Labute approximate surface area is 202 Å². The fourth-order valence-electron chi connectivity index (χ4n) is 3.10. The number of carbonyl (C=O) groups is 2. The Morgan fingerprint density at radius 2 is 1.06 bits per heavy atom. The second-order valence-corrected chi connectivity index (χ2v) is 8.46. The molecule has 1 atom stereocenters. The first-order valence-corrected chi connectivity index (χ1v) is 13.0. The number of allylic oxidation sites excluding steroid dienone is 3. The maximum atomic E-state index is 12.8. The Kier molecular flexibility index (Phi) is 19.3. The molecule has 0 heterocycles. The molecular formula is C28H48O5. The third-order valence-electron chi connectivity index (χ3n) is 5.63. The summed E-state index contributed by atoms with van der Waals surface area (Å²) in [4.78, 5) is 25.3. The van der Waals surface area contributed by atoms with Gasteiger partial charge in [-0.1, -0.05) is 60.8 Å². The molecule has 0 fully saturated rings. The zero-order valence-corrected chi connectivity index (χ0v) is 22.0. The third kappa shape index (κ3) is 15.4. The molecule has 0 aliphatic carbocycles. The van der Waals surface area contributed by atoms with E-state index in [1.807, 2.05) is 13.8 Å². The number of hydrogen-bond donors (Lipinski definition) is 0. The van der Waals surface area contributed by atoms with Crippen LogP contribution in [0.3, 0.4) is 0 Å². The molecular weight excluding hydrogens is 416 g/mol. The molecule has 0 aliphatic heterocycles. The molecule has 0 aromatic heterocycles. The van der Waals surface area contributed by atoms with Gasteiger partial charge < -0.3 is 14.2 Å². The quantitative estimate of drug-likeness (QED) is 0.142. The van der Waals surface area contributed by atoms with Crippen LogP contribution in [0.4, 0.5) is 0 Å². The topological polar surface area (TPSA) is 61.8 Å². The van der Waals surface area contributed by atoms with E-state index < -0.39 is 18.0 Å². The second-order valence-electron chi connectivity index (χ2n) is 8.46. The van der Waals surface area contributed by atoms with E-state index in [1.165, 1.54) is 12.5 Å². The SMILES string of the molecule is CCCCC(=COC(=O)CC(OC=C(CC)CCCC)C(=O)OC=C(CC)CCCC)CC. The van der Waals surface area contributed by atoms with E-state index in [0.717, 1.165) is 93.8 Å². The van der Waals surface area contributed by atoms with E-state index in [1.54, 1.807) is 6.26 Å². The van der Waals surface area contributed by atoms with Gasteiger partial charge in [-0.3, -0.25) is 4.79 Å². The van der Waals surface area contributed by atoms with Gasteiger partial charge in [0.05, 0.1) is 25.2 Å². The summed E-state index contributed by atoms with van der Waals surface area (Å²) in [7, 11) is 0. The second kappa shape index (κ2) is 20.6. The van der Waals surface area contributed by atoms with Gasteiger partial charge in [0.15, 0.2) is 0 Å². The van der Waals surface area contributed by atoms with Gasteiger partial charge in [0.1, 0.15) is 0 Å². The number of rotatable bonds is 19. The lowest BCUT2D eigenvalue weighted by molar-refractivity contribution is -0.154. The van der Waals surface area contributed by atoms with Gasteiger partial charge in [0.2, 0.25) is 6.10 Å². The molecule has 0 aromatic carbocycles. The van der Waals surface area contributed by atoms with E-state index in [2.05, 4.69) is 27.7 Å². The molecule has 0 saturated carbocycles. The third-order valence-corrected chi connectivity index (χ3v) is 5.63. The van der Waals surface area contributed by atoms with Crippen molar-refractivity contribution in [1.29, 1.82) is 0 Å². The molecule has 0 rings (SSSR count). The van der Waals surface area contributed by atoms with Gasteiger partial charge in [-0.25, -0.2) is 4.79 Å². The molecule has 5 heteroatoms. The first-order chi connectivity index (χ1) is 15.9. The average molecular weight is 465 g/mol. The summed E-state index contributed by atoms with van der Waals surface area (Å²) in [5.41, 5.74) is 3.28. The summed E-state index contributed by atoms with van der Waals surface area (Å²) in [6.45, 7) is 12.5. The lowest BCUT2D eigenvalue weighted by atomic mass is 10.1. The highest BCUT2D eigenvalue weighted by Gasteiger charge is 2.25. The smallest absolute Gasteiger partial charge is 0.352 e. The Hall–Kier alpha value is -2.04. The molecule has 0 saturated heterocycles. The molecule has 0 aromatic rings. The maximum absolute atomic E-state index is 12.8. The Bertz CT molecular complexity index is 630. The number of carbonyl (C=O) groups excluding carboxylic acids is 2. The molecule has 0 bridgehead atoms. The zero-order chi connectivity index (χ0) is 24.9. The molecule has 0 N–H and O–H groups in total. The van der Waals surface area contributed by atoms with E-state index in [4.69, 9.17) is 14.2 Å². The van der Waals surface area contributed by atoms with E-state index in [-0.39, 0.29) is 6.42 Å². The Morgan fingerprint density at radius 3 is 1.48 bits per heavy atom. The van der Waals surface area contributed by atoms with Gasteiger partial charge in [0.25, 0.3) is 0 Å². The molecule has 1 unspecified atom stereocenters. The predicted octanol–water partition coefficient (Wildman–Crippen LogP) is 8.30. The summed E-state index contributed by atoms with van der Waals surface area (Å²) in [6.07, 6.45) is 15.1. The lowest BCUT2D eigenvalue weighted by Crippen LogP contribution is -2.27. The standard InChI is InChI=1S/C28H48O5/c1-7-13-16-23(10-4)20-31-26(28(30)33-22-25(12-6)18-15-9-3)19-27(29)32-21-24(11-5)17-14-8-2/h20-22,26H,7-19H2,1-6H3. The van der Waals surface area contributed by atoms with Gasteiger partial charge in [-0.05, 0) is 74.5 Å². The number of unbranched alkanes of at least 4 members (excludes halogenated alkanes) is 3. The normalized spacial score (nSPS) is 13.6. The van der Waals surface area contributed by atoms with Crippen molar-refractivity contribution in [2.75, 3.05) is 0 Å². The van der Waals surface area contributed by atoms with Crippen molar-refractivity contribution in [3.63, 3.8) is 0 Å². The van der Waals surface area contributed by atoms with Crippen molar-refractivity contribution < 1.29 is 23.8 Å². The van der Waals surface area contributed by atoms with Gasteiger partial charge in [-0.15, -0.1) is 0 Å². The molecule has 0 aliphatic rings. The molecule has 33 heavy (non-hydrogen) atoms. The molecule has 5 nitrogen and oxygen atoms in total. The van der Waals surface area contributed by atoms with Gasteiger partial charge >= 0.3 is 11.9 Å². The zero-order valence-electron chi connectivity index (χ0n) is 22.0. The summed E-state index contributed by atoms with van der Waals surface area (Å²) in [5.74, 6) is -1.06. The fraction of sp³-hybridized carbons (Fsp3) is 0.714. The van der Waals surface area contributed by atoms with Crippen molar-refractivity contribution in [3.8, 4) is 0 Å². The van der Waals surface area contributed by atoms with Crippen LogP contribution in [0.25, 0.3) is 0 Å². The van der Waals surface area contributed by atoms with Crippen LogP contribution in [0.5, 0.6) is 0 Å². The Morgan fingerprint density at radius 1 is 0.636 bits per heavy atom. The van der Waals surface area contributed by atoms with Gasteiger partial charge in [-0.2, -0.15) is 0 Å². The minimum absolute atomic E-state index is 0.189. The van der Waals surface area contributed by atoms with Crippen molar-refractivity contribution in [3.05, 3.63) is 35.5 Å². The van der Waals surface area contributed by atoms with Crippen LogP contribution in [-0.4, -0.2) is 18.0 Å². The molecule has 0 amide bonds. The van der Waals surface area contributed by atoms with E-state index >= 15 is 0 Å². The highest BCUT2D eigenvalue weighted by Crippen LogP contribution is 2.16. The van der Waals surface area contributed by atoms with Crippen LogP contribution in [0.1, 0.15) is 125 Å².